The van der Waals surface area contributed by atoms with E-state index in [-0.39, 0.29) is 6.61 Å². The highest BCUT2D eigenvalue weighted by molar-refractivity contribution is 5.68. The minimum Gasteiger partial charge on any atom is -0.462 e. The molecule has 6 heteroatoms. The number of hydrogen-bond acceptors (Lipinski definition) is 6. The van der Waals surface area contributed by atoms with Crippen LogP contribution >= 0.6 is 0 Å². The summed E-state index contributed by atoms with van der Waals surface area (Å²) in [6.07, 6.45) is -0.862. The molecule has 6 nitrogen and oxygen atoms in total. The van der Waals surface area contributed by atoms with Gasteiger partial charge in [-0.25, -0.2) is 0 Å². The van der Waals surface area contributed by atoms with E-state index < -0.39 is 30.1 Å². The molecule has 0 saturated heterocycles. The van der Waals surface area contributed by atoms with Crippen LogP contribution in [0.25, 0.3) is 0 Å². The maximum atomic E-state index is 10.8. The molecule has 0 aliphatic carbocycles. The zero-order valence-electron chi connectivity index (χ0n) is 9.97. The molecule has 17 heavy (non-hydrogen) atoms. The maximum absolute atomic E-state index is 10.8. The van der Waals surface area contributed by atoms with Gasteiger partial charge in [0.05, 0.1) is 0 Å². The summed E-state index contributed by atoms with van der Waals surface area (Å²) < 4.78 is 14.3. The van der Waals surface area contributed by atoms with Crippen LogP contribution < -0.4 is 0 Å². The highest BCUT2D eigenvalue weighted by atomic mass is 16.6. The Morgan fingerprint density at radius 1 is 1.06 bits per heavy atom. The van der Waals surface area contributed by atoms with Crippen molar-refractivity contribution >= 4 is 17.9 Å². The maximum Gasteiger partial charge on any atom is 0.303 e. The van der Waals surface area contributed by atoms with E-state index in [4.69, 9.17) is 16.1 Å². The van der Waals surface area contributed by atoms with Crippen molar-refractivity contribution in [2.24, 2.45) is 0 Å². The lowest BCUT2D eigenvalue weighted by molar-refractivity contribution is -0.169. The Labute approximate surface area is 99.5 Å². The Morgan fingerprint density at radius 3 is 1.94 bits per heavy atom. The second-order valence-electron chi connectivity index (χ2n) is 3.22. The molecule has 0 rings (SSSR count). The third-order valence-corrected chi connectivity index (χ3v) is 1.63. The molecular weight excluding hydrogens is 228 g/mol. The van der Waals surface area contributed by atoms with Gasteiger partial charge in [0.15, 0.2) is 12.2 Å². The van der Waals surface area contributed by atoms with Crippen molar-refractivity contribution in [1.82, 2.24) is 0 Å². The fourth-order valence-electron chi connectivity index (χ4n) is 1.04. The van der Waals surface area contributed by atoms with E-state index in [1.165, 1.54) is 20.8 Å². The van der Waals surface area contributed by atoms with E-state index >= 15 is 0 Å². The standard InChI is InChI=1S/C11H15O6/c1-5-10(16-8(3)13)11(17-9(4)14)6-15-7(2)12/h1,5,10-11H,6H2,2-4H3. The summed E-state index contributed by atoms with van der Waals surface area (Å²) in [4.78, 5) is 32.3. The fourth-order valence-corrected chi connectivity index (χ4v) is 1.04. The SMILES string of the molecule is [CH]=CC(OC(C)=O)C(COC(C)=O)OC(C)=O. The third-order valence-electron chi connectivity index (χ3n) is 1.63. The van der Waals surface area contributed by atoms with Crippen molar-refractivity contribution in [1.29, 1.82) is 0 Å². The summed E-state index contributed by atoms with van der Waals surface area (Å²) in [5.41, 5.74) is 0. The second-order valence-corrected chi connectivity index (χ2v) is 3.22. The first-order valence-electron chi connectivity index (χ1n) is 4.89. The van der Waals surface area contributed by atoms with Crippen LogP contribution in [-0.4, -0.2) is 36.7 Å². The molecule has 0 fully saturated rings. The summed E-state index contributed by atoms with van der Waals surface area (Å²) >= 11 is 0. The van der Waals surface area contributed by atoms with Gasteiger partial charge in [-0.05, 0) is 6.08 Å². The van der Waals surface area contributed by atoms with Crippen LogP contribution in [-0.2, 0) is 28.6 Å². The molecule has 0 aromatic heterocycles. The van der Waals surface area contributed by atoms with Gasteiger partial charge in [-0.2, -0.15) is 0 Å². The Bertz CT molecular complexity index is 309. The lowest BCUT2D eigenvalue weighted by atomic mass is 10.2. The van der Waals surface area contributed by atoms with Crippen molar-refractivity contribution in [3.8, 4) is 0 Å². The number of ether oxygens (including phenoxy) is 3. The second kappa shape index (κ2) is 7.43. The molecular formula is C11H15O6. The van der Waals surface area contributed by atoms with E-state index in [2.05, 4.69) is 4.74 Å². The molecule has 0 heterocycles. The number of carbonyl (C=O) groups excluding carboxylic acids is 3. The predicted molar refractivity (Wildman–Crippen MR) is 56.6 cm³/mol. The first-order chi connectivity index (χ1) is 7.86. The van der Waals surface area contributed by atoms with Crippen molar-refractivity contribution in [2.45, 2.75) is 33.0 Å². The lowest BCUT2D eigenvalue weighted by Crippen LogP contribution is -2.37. The summed E-state index contributed by atoms with van der Waals surface area (Å²) in [6.45, 7) is 8.61. The largest absolute Gasteiger partial charge is 0.462 e. The Hall–Kier alpha value is -1.85. The molecule has 0 aliphatic rings. The van der Waals surface area contributed by atoms with E-state index in [1.54, 1.807) is 0 Å². The van der Waals surface area contributed by atoms with Gasteiger partial charge < -0.3 is 14.2 Å². The topological polar surface area (TPSA) is 78.9 Å². The van der Waals surface area contributed by atoms with Gasteiger partial charge in [0.1, 0.15) is 6.61 Å². The summed E-state index contributed by atoms with van der Waals surface area (Å²) in [6, 6.07) is 0. The molecule has 0 spiro atoms. The normalized spacial score (nSPS) is 13.1. The number of carbonyl (C=O) groups is 3. The molecule has 0 aliphatic heterocycles. The number of esters is 3. The molecule has 0 bridgehead atoms. The molecule has 95 valence electrons. The predicted octanol–water partition coefficient (Wildman–Crippen LogP) is 0.402. The van der Waals surface area contributed by atoms with E-state index in [0.717, 1.165) is 6.08 Å². The van der Waals surface area contributed by atoms with Gasteiger partial charge in [0.2, 0.25) is 0 Å². The van der Waals surface area contributed by atoms with Gasteiger partial charge in [0.25, 0.3) is 0 Å². The monoisotopic (exact) mass is 243 g/mol. The van der Waals surface area contributed by atoms with Crippen LogP contribution in [0, 0.1) is 6.58 Å². The minimum absolute atomic E-state index is 0.236. The van der Waals surface area contributed by atoms with E-state index in [0.29, 0.717) is 0 Å². The van der Waals surface area contributed by atoms with Crippen LogP contribution in [0.3, 0.4) is 0 Å². The quantitative estimate of drug-likeness (QED) is 0.496. The molecule has 2 atom stereocenters. The zero-order valence-corrected chi connectivity index (χ0v) is 9.97. The molecule has 0 amide bonds. The number of hydrogen-bond donors (Lipinski definition) is 0. The van der Waals surface area contributed by atoms with Crippen molar-refractivity contribution < 1.29 is 28.6 Å². The van der Waals surface area contributed by atoms with Gasteiger partial charge in [-0.3, -0.25) is 14.4 Å². The van der Waals surface area contributed by atoms with Crippen molar-refractivity contribution in [2.75, 3.05) is 6.61 Å². The average molecular weight is 243 g/mol. The minimum atomic E-state index is -0.962. The van der Waals surface area contributed by atoms with Crippen LogP contribution in [0.2, 0.25) is 0 Å². The van der Waals surface area contributed by atoms with Crippen LogP contribution in [0.5, 0.6) is 0 Å². The Morgan fingerprint density at radius 2 is 1.59 bits per heavy atom. The van der Waals surface area contributed by atoms with Gasteiger partial charge in [-0.15, -0.1) is 0 Å². The highest BCUT2D eigenvalue weighted by Crippen LogP contribution is 2.08. The molecule has 0 aromatic carbocycles. The van der Waals surface area contributed by atoms with Gasteiger partial charge in [0, 0.05) is 20.8 Å². The molecule has 1 radical (unpaired) electrons. The lowest BCUT2D eigenvalue weighted by Gasteiger charge is -2.23. The molecule has 2 unspecified atom stereocenters. The van der Waals surface area contributed by atoms with E-state index in [1.807, 2.05) is 0 Å². The third kappa shape index (κ3) is 7.10. The van der Waals surface area contributed by atoms with E-state index in [9.17, 15) is 14.4 Å². The van der Waals surface area contributed by atoms with Crippen LogP contribution in [0.4, 0.5) is 0 Å². The summed E-state index contributed by atoms with van der Waals surface area (Å²) in [5, 5.41) is 0. The number of rotatable bonds is 6. The van der Waals surface area contributed by atoms with Crippen LogP contribution in [0.15, 0.2) is 6.08 Å². The van der Waals surface area contributed by atoms with Crippen LogP contribution in [0.1, 0.15) is 20.8 Å². The molecule has 0 N–H and O–H groups in total. The molecule has 0 saturated carbocycles. The van der Waals surface area contributed by atoms with Gasteiger partial charge in [-0.1, -0.05) is 6.58 Å². The Balaban J connectivity index is 4.60. The summed E-state index contributed by atoms with van der Waals surface area (Å²) in [7, 11) is 0. The fraction of sp³-hybridized carbons (Fsp3) is 0.545. The highest BCUT2D eigenvalue weighted by Gasteiger charge is 2.25. The van der Waals surface area contributed by atoms with Crippen molar-refractivity contribution in [3.63, 3.8) is 0 Å². The average Bonchev–Trinajstić information content (AvgIpc) is 2.20. The smallest absolute Gasteiger partial charge is 0.303 e. The summed E-state index contributed by atoms with van der Waals surface area (Å²) in [5.74, 6) is -1.72. The first kappa shape index (κ1) is 15.2. The molecule has 0 aromatic rings. The zero-order chi connectivity index (χ0) is 13.4. The first-order valence-corrected chi connectivity index (χ1v) is 4.89. The van der Waals surface area contributed by atoms with Gasteiger partial charge >= 0.3 is 17.9 Å². The van der Waals surface area contributed by atoms with Crippen molar-refractivity contribution in [3.05, 3.63) is 12.7 Å². The Kier molecular flexibility index (Phi) is 6.62.